The lowest BCUT2D eigenvalue weighted by Gasteiger charge is -2.27. The molecule has 1 fully saturated rings. The van der Waals surface area contributed by atoms with Crippen LogP contribution < -0.4 is 5.32 Å². The summed E-state index contributed by atoms with van der Waals surface area (Å²) in [6.45, 7) is 5.49. The molecule has 116 valence electrons. The molecular formula is C14H23F2NO3. The molecule has 1 saturated carbocycles. The van der Waals surface area contributed by atoms with Crippen molar-refractivity contribution in [3.05, 3.63) is 0 Å². The molecule has 1 aliphatic carbocycles. The van der Waals surface area contributed by atoms with Gasteiger partial charge in [0.05, 0.1) is 6.42 Å². The minimum atomic E-state index is -2.63. The van der Waals surface area contributed by atoms with E-state index in [1.807, 2.05) is 0 Å². The van der Waals surface area contributed by atoms with Crippen LogP contribution in [0.15, 0.2) is 0 Å². The zero-order valence-electron chi connectivity index (χ0n) is 12.3. The lowest BCUT2D eigenvalue weighted by atomic mass is 9.86. The first-order valence-corrected chi connectivity index (χ1v) is 6.96. The van der Waals surface area contributed by atoms with Gasteiger partial charge in [-0.1, -0.05) is 0 Å². The van der Waals surface area contributed by atoms with E-state index in [-0.39, 0.29) is 56.4 Å². The van der Waals surface area contributed by atoms with Crippen LogP contribution in [0, 0.1) is 5.92 Å². The van der Waals surface area contributed by atoms with Crippen LogP contribution in [0.25, 0.3) is 0 Å². The van der Waals surface area contributed by atoms with E-state index in [1.54, 1.807) is 20.8 Å². The van der Waals surface area contributed by atoms with E-state index in [4.69, 9.17) is 4.74 Å². The first-order chi connectivity index (χ1) is 9.09. The van der Waals surface area contributed by atoms with Gasteiger partial charge in [0.1, 0.15) is 5.60 Å². The van der Waals surface area contributed by atoms with Gasteiger partial charge in [-0.05, 0) is 33.6 Å². The first-order valence-electron chi connectivity index (χ1n) is 6.96. The number of carbonyl (C=O) groups is 2. The van der Waals surface area contributed by atoms with Crippen molar-refractivity contribution in [2.75, 3.05) is 6.54 Å². The SMILES string of the molecule is CC(C)(C)OC(=O)CCNC(=O)C1CCC(F)(F)CC1. The van der Waals surface area contributed by atoms with E-state index in [0.717, 1.165) is 0 Å². The largest absolute Gasteiger partial charge is 0.460 e. The van der Waals surface area contributed by atoms with Crippen LogP contribution in [0.5, 0.6) is 0 Å². The van der Waals surface area contributed by atoms with Crippen molar-refractivity contribution in [1.29, 1.82) is 0 Å². The molecule has 1 aliphatic rings. The number of alkyl halides is 2. The molecule has 20 heavy (non-hydrogen) atoms. The Labute approximate surface area is 118 Å². The molecule has 0 radical (unpaired) electrons. The van der Waals surface area contributed by atoms with E-state index >= 15 is 0 Å². The van der Waals surface area contributed by atoms with Gasteiger partial charge in [0.2, 0.25) is 11.8 Å². The summed E-state index contributed by atoms with van der Waals surface area (Å²) < 4.78 is 31.0. The molecule has 1 rings (SSSR count). The monoisotopic (exact) mass is 291 g/mol. The normalized spacial score (nSPS) is 19.4. The van der Waals surface area contributed by atoms with E-state index in [0.29, 0.717) is 0 Å². The van der Waals surface area contributed by atoms with Crippen molar-refractivity contribution >= 4 is 11.9 Å². The number of ether oxygens (including phenoxy) is 1. The second kappa shape index (κ2) is 6.50. The molecule has 0 heterocycles. The van der Waals surface area contributed by atoms with Crippen molar-refractivity contribution in [2.45, 2.75) is 64.4 Å². The molecule has 1 amide bonds. The van der Waals surface area contributed by atoms with Crippen LogP contribution in [0.1, 0.15) is 52.9 Å². The highest BCUT2D eigenvalue weighted by molar-refractivity contribution is 5.79. The molecule has 6 heteroatoms. The Morgan fingerprint density at radius 3 is 2.30 bits per heavy atom. The Bertz CT molecular complexity index is 354. The zero-order valence-corrected chi connectivity index (χ0v) is 12.3. The summed E-state index contributed by atoms with van der Waals surface area (Å²) in [5, 5.41) is 2.61. The molecule has 0 aliphatic heterocycles. The predicted octanol–water partition coefficient (Wildman–Crippen LogP) is 2.66. The molecule has 0 aromatic rings. The Morgan fingerprint density at radius 2 is 1.80 bits per heavy atom. The lowest BCUT2D eigenvalue weighted by Crippen LogP contribution is -2.37. The van der Waals surface area contributed by atoms with Crippen LogP contribution >= 0.6 is 0 Å². The molecule has 4 nitrogen and oxygen atoms in total. The fourth-order valence-corrected chi connectivity index (χ4v) is 2.13. The highest BCUT2D eigenvalue weighted by atomic mass is 19.3. The quantitative estimate of drug-likeness (QED) is 0.810. The van der Waals surface area contributed by atoms with Crippen molar-refractivity contribution in [3.8, 4) is 0 Å². The highest BCUT2D eigenvalue weighted by Crippen LogP contribution is 2.36. The number of esters is 1. The molecular weight excluding hydrogens is 268 g/mol. The molecule has 0 spiro atoms. The minimum Gasteiger partial charge on any atom is -0.460 e. The Hall–Kier alpha value is -1.20. The van der Waals surface area contributed by atoms with Crippen molar-refractivity contribution in [1.82, 2.24) is 5.32 Å². The maximum Gasteiger partial charge on any atom is 0.308 e. The van der Waals surface area contributed by atoms with Gasteiger partial charge in [-0.25, -0.2) is 8.78 Å². The Balaban J connectivity index is 2.22. The van der Waals surface area contributed by atoms with E-state index in [1.165, 1.54) is 0 Å². The minimum absolute atomic E-state index is 0.0892. The number of carbonyl (C=O) groups excluding carboxylic acids is 2. The topological polar surface area (TPSA) is 55.4 Å². The van der Waals surface area contributed by atoms with Gasteiger partial charge < -0.3 is 10.1 Å². The summed E-state index contributed by atoms with van der Waals surface area (Å²) in [6.07, 6.45) is 0.0107. The fourth-order valence-electron chi connectivity index (χ4n) is 2.13. The molecule has 0 bridgehead atoms. The van der Waals surface area contributed by atoms with Gasteiger partial charge >= 0.3 is 5.97 Å². The molecule has 0 atom stereocenters. The Morgan fingerprint density at radius 1 is 1.25 bits per heavy atom. The maximum atomic E-state index is 13.0. The van der Waals surface area contributed by atoms with Crippen molar-refractivity contribution < 1.29 is 23.1 Å². The van der Waals surface area contributed by atoms with Gasteiger partial charge in [-0.3, -0.25) is 9.59 Å². The van der Waals surface area contributed by atoms with E-state index in [9.17, 15) is 18.4 Å². The third kappa shape index (κ3) is 6.30. The van der Waals surface area contributed by atoms with Crippen LogP contribution in [-0.2, 0) is 14.3 Å². The van der Waals surface area contributed by atoms with Gasteiger partial charge in [-0.15, -0.1) is 0 Å². The van der Waals surface area contributed by atoms with E-state index < -0.39 is 11.5 Å². The van der Waals surface area contributed by atoms with Gasteiger partial charge in [-0.2, -0.15) is 0 Å². The number of hydrogen-bond acceptors (Lipinski definition) is 3. The smallest absolute Gasteiger partial charge is 0.308 e. The average molecular weight is 291 g/mol. The van der Waals surface area contributed by atoms with Crippen molar-refractivity contribution in [3.63, 3.8) is 0 Å². The maximum absolute atomic E-state index is 13.0. The third-order valence-corrected chi connectivity index (χ3v) is 3.14. The number of nitrogens with one attached hydrogen (secondary N) is 1. The van der Waals surface area contributed by atoms with Gasteiger partial charge in [0.25, 0.3) is 0 Å². The van der Waals surface area contributed by atoms with Crippen LogP contribution in [0.3, 0.4) is 0 Å². The predicted molar refractivity (Wildman–Crippen MR) is 70.4 cm³/mol. The molecule has 0 aromatic heterocycles. The fraction of sp³-hybridized carbons (Fsp3) is 0.857. The lowest BCUT2D eigenvalue weighted by molar-refractivity contribution is -0.154. The Kier molecular flexibility index (Phi) is 5.48. The zero-order chi connectivity index (χ0) is 15.4. The average Bonchev–Trinajstić information content (AvgIpc) is 2.26. The third-order valence-electron chi connectivity index (χ3n) is 3.14. The summed E-state index contributed by atoms with van der Waals surface area (Å²) in [5.74, 6) is -3.63. The molecule has 1 N–H and O–H groups in total. The van der Waals surface area contributed by atoms with Crippen LogP contribution in [-0.4, -0.2) is 29.9 Å². The second-order valence-corrected chi connectivity index (χ2v) is 6.26. The summed E-state index contributed by atoms with van der Waals surface area (Å²) in [6, 6.07) is 0. The summed E-state index contributed by atoms with van der Waals surface area (Å²) in [7, 11) is 0. The van der Waals surface area contributed by atoms with Gasteiger partial charge in [0.15, 0.2) is 0 Å². The van der Waals surface area contributed by atoms with Crippen LogP contribution in [0.2, 0.25) is 0 Å². The number of amides is 1. The summed E-state index contributed by atoms with van der Waals surface area (Å²) in [5.41, 5.74) is -0.546. The molecule has 0 saturated heterocycles. The summed E-state index contributed by atoms with van der Waals surface area (Å²) in [4.78, 5) is 23.2. The van der Waals surface area contributed by atoms with Crippen LogP contribution in [0.4, 0.5) is 8.78 Å². The standard InChI is InChI=1S/C14H23F2NO3/c1-13(2,3)20-11(18)6-9-17-12(19)10-4-7-14(15,16)8-5-10/h10H,4-9H2,1-3H3,(H,17,19). The number of halogens is 2. The number of rotatable bonds is 4. The van der Waals surface area contributed by atoms with E-state index in [2.05, 4.69) is 5.32 Å². The highest BCUT2D eigenvalue weighted by Gasteiger charge is 2.37. The second-order valence-electron chi connectivity index (χ2n) is 6.26. The molecule has 0 aromatic carbocycles. The van der Waals surface area contributed by atoms with Crippen molar-refractivity contribution in [2.24, 2.45) is 5.92 Å². The molecule has 0 unspecified atom stereocenters. The van der Waals surface area contributed by atoms with Gasteiger partial charge in [0, 0.05) is 25.3 Å². The first kappa shape index (κ1) is 16.9. The summed E-state index contributed by atoms with van der Waals surface area (Å²) >= 11 is 0. The number of hydrogen-bond donors (Lipinski definition) is 1.